The van der Waals surface area contributed by atoms with E-state index >= 15 is 0 Å². The Labute approximate surface area is 57.2 Å². The van der Waals surface area contributed by atoms with Gasteiger partial charge in [0.05, 0.1) is 0 Å². The van der Waals surface area contributed by atoms with Gasteiger partial charge in [0.25, 0.3) is 0 Å². The van der Waals surface area contributed by atoms with Gasteiger partial charge in [-0.15, -0.1) is 0 Å². The number of oxazole rings is 1. The van der Waals surface area contributed by atoms with Gasteiger partial charge in [-0.1, -0.05) is 0 Å². The lowest BCUT2D eigenvalue weighted by Crippen LogP contribution is -2.18. The Morgan fingerprint density at radius 3 is 3.40 bits per heavy atom. The fraction of sp³-hybridized carbons (Fsp3) is 0.333. The van der Waals surface area contributed by atoms with Crippen LogP contribution in [0.2, 0.25) is 0 Å². The van der Waals surface area contributed by atoms with Crippen molar-refractivity contribution in [2.45, 2.75) is 12.8 Å². The number of anilines is 1. The average Bonchev–Trinajstić information content (AvgIpc) is 2.33. The lowest BCUT2D eigenvalue weighted by Gasteiger charge is -2.07. The highest BCUT2D eigenvalue weighted by Gasteiger charge is 2.17. The molecule has 2 heterocycles. The standard InChI is InChI=1S/C6H6N2O2/c9-5-2-1-4-6(8-5)7-3-10-4/h3H,1-2H2,(H,8,9). The maximum atomic E-state index is 10.7. The molecule has 1 aromatic heterocycles. The molecule has 0 aliphatic carbocycles. The number of nitrogens with zero attached hydrogens (tertiary/aromatic N) is 1. The molecule has 0 radical (unpaired) electrons. The number of fused-ring (bicyclic) bond motifs is 1. The number of aryl methyl sites for hydroxylation is 1. The van der Waals surface area contributed by atoms with E-state index in [1.54, 1.807) is 0 Å². The molecule has 1 aliphatic heterocycles. The number of rotatable bonds is 0. The second-order valence-electron chi connectivity index (χ2n) is 2.17. The van der Waals surface area contributed by atoms with Crippen LogP contribution in [-0.2, 0) is 11.2 Å². The minimum absolute atomic E-state index is 0.0152. The molecule has 0 saturated carbocycles. The fourth-order valence-electron chi connectivity index (χ4n) is 0.971. The topological polar surface area (TPSA) is 55.1 Å². The zero-order valence-electron chi connectivity index (χ0n) is 5.26. The molecule has 1 aliphatic rings. The molecule has 1 N–H and O–H groups in total. The molecule has 0 fully saturated rings. The first-order valence-corrected chi connectivity index (χ1v) is 3.08. The number of carbonyl (C=O) groups is 1. The van der Waals surface area contributed by atoms with Gasteiger partial charge >= 0.3 is 0 Å². The Bertz CT molecular complexity index is 266. The maximum Gasteiger partial charge on any atom is 0.226 e. The summed E-state index contributed by atoms with van der Waals surface area (Å²) in [6, 6.07) is 0. The van der Waals surface area contributed by atoms with Gasteiger partial charge in [-0.05, 0) is 0 Å². The van der Waals surface area contributed by atoms with E-state index in [1.165, 1.54) is 6.39 Å². The lowest BCUT2D eigenvalue weighted by atomic mass is 10.2. The van der Waals surface area contributed by atoms with E-state index in [0.717, 1.165) is 5.76 Å². The van der Waals surface area contributed by atoms with Crippen LogP contribution in [0, 0.1) is 0 Å². The highest BCUT2D eigenvalue weighted by Crippen LogP contribution is 2.19. The van der Waals surface area contributed by atoms with E-state index < -0.39 is 0 Å². The molecule has 10 heavy (non-hydrogen) atoms. The second kappa shape index (κ2) is 1.83. The average molecular weight is 138 g/mol. The molecule has 1 amide bonds. The molecule has 0 unspecified atom stereocenters. The van der Waals surface area contributed by atoms with Crippen LogP contribution < -0.4 is 5.32 Å². The summed E-state index contributed by atoms with van der Waals surface area (Å²) < 4.78 is 4.98. The number of amides is 1. The van der Waals surface area contributed by atoms with E-state index in [4.69, 9.17) is 4.42 Å². The molecule has 0 bridgehead atoms. The van der Waals surface area contributed by atoms with Crippen molar-refractivity contribution in [3.05, 3.63) is 12.2 Å². The second-order valence-corrected chi connectivity index (χ2v) is 2.17. The van der Waals surface area contributed by atoms with Crippen LogP contribution >= 0.6 is 0 Å². The van der Waals surface area contributed by atoms with Crippen LogP contribution in [-0.4, -0.2) is 10.9 Å². The maximum absolute atomic E-state index is 10.7. The molecular weight excluding hydrogens is 132 g/mol. The normalized spacial score (nSPS) is 16.2. The molecule has 1 aromatic rings. The Kier molecular flexibility index (Phi) is 1.00. The van der Waals surface area contributed by atoms with Gasteiger partial charge in [0, 0.05) is 12.8 Å². The minimum Gasteiger partial charge on any atom is -0.446 e. The van der Waals surface area contributed by atoms with Crippen molar-refractivity contribution in [3.8, 4) is 0 Å². The van der Waals surface area contributed by atoms with Crippen molar-refractivity contribution < 1.29 is 9.21 Å². The van der Waals surface area contributed by atoms with Gasteiger partial charge in [0.2, 0.25) is 5.91 Å². The summed E-state index contributed by atoms with van der Waals surface area (Å²) >= 11 is 0. The molecule has 0 aromatic carbocycles. The van der Waals surface area contributed by atoms with E-state index in [1.807, 2.05) is 0 Å². The highest BCUT2D eigenvalue weighted by atomic mass is 16.3. The van der Waals surface area contributed by atoms with Crippen LogP contribution in [0.4, 0.5) is 5.82 Å². The van der Waals surface area contributed by atoms with Gasteiger partial charge in [-0.3, -0.25) is 4.79 Å². The molecule has 0 saturated heterocycles. The van der Waals surface area contributed by atoms with E-state index in [-0.39, 0.29) is 5.91 Å². The number of hydrogen-bond donors (Lipinski definition) is 1. The quantitative estimate of drug-likeness (QED) is 0.569. The Morgan fingerprint density at radius 2 is 2.50 bits per heavy atom. The number of hydrogen-bond acceptors (Lipinski definition) is 3. The lowest BCUT2D eigenvalue weighted by molar-refractivity contribution is -0.116. The third kappa shape index (κ3) is 0.689. The van der Waals surface area contributed by atoms with Gasteiger partial charge in [0.15, 0.2) is 12.2 Å². The summed E-state index contributed by atoms with van der Waals surface area (Å²) in [5.41, 5.74) is 0. The van der Waals surface area contributed by atoms with Crippen molar-refractivity contribution in [1.82, 2.24) is 4.98 Å². The van der Waals surface area contributed by atoms with Crippen LogP contribution in [0.1, 0.15) is 12.2 Å². The van der Waals surface area contributed by atoms with Crippen molar-refractivity contribution in [2.24, 2.45) is 0 Å². The summed E-state index contributed by atoms with van der Waals surface area (Å²) in [6.45, 7) is 0. The smallest absolute Gasteiger partial charge is 0.226 e. The largest absolute Gasteiger partial charge is 0.446 e. The SMILES string of the molecule is O=C1CCc2ocnc2N1. The van der Waals surface area contributed by atoms with Crippen LogP contribution in [0.25, 0.3) is 0 Å². The fourth-order valence-corrected chi connectivity index (χ4v) is 0.971. The summed E-state index contributed by atoms with van der Waals surface area (Å²) in [5.74, 6) is 1.37. The van der Waals surface area contributed by atoms with E-state index in [0.29, 0.717) is 18.7 Å². The van der Waals surface area contributed by atoms with Gasteiger partial charge in [0.1, 0.15) is 5.76 Å². The predicted octanol–water partition coefficient (Wildman–Crippen LogP) is 0.559. The summed E-state index contributed by atoms with van der Waals surface area (Å²) in [5, 5.41) is 2.60. The van der Waals surface area contributed by atoms with Gasteiger partial charge in [-0.25, -0.2) is 0 Å². The molecule has 52 valence electrons. The first-order chi connectivity index (χ1) is 4.86. The summed E-state index contributed by atoms with van der Waals surface area (Å²) in [7, 11) is 0. The van der Waals surface area contributed by atoms with Crippen LogP contribution in [0.5, 0.6) is 0 Å². The monoisotopic (exact) mass is 138 g/mol. The molecule has 2 rings (SSSR count). The van der Waals surface area contributed by atoms with E-state index in [9.17, 15) is 4.79 Å². The number of nitrogens with one attached hydrogen (secondary N) is 1. The first kappa shape index (κ1) is 5.46. The van der Waals surface area contributed by atoms with Crippen molar-refractivity contribution in [2.75, 3.05) is 5.32 Å². The Hall–Kier alpha value is -1.32. The summed E-state index contributed by atoms with van der Waals surface area (Å²) in [6.07, 6.45) is 2.51. The van der Waals surface area contributed by atoms with Crippen molar-refractivity contribution in [3.63, 3.8) is 0 Å². The third-order valence-corrected chi connectivity index (χ3v) is 1.48. The predicted molar refractivity (Wildman–Crippen MR) is 33.5 cm³/mol. The Balaban J connectivity index is 2.39. The highest BCUT2D eigenvalue weighted by molar-refractivity contribution is 5.92. The Morgan fingerprint density at radius 1 is 1.60 bits per heavy atom. The van der Waals surface area contributed by atoms with Crippen LogP contribution in [0.3, 0.4) is 0 Å². The zero-order valence-corrected chi connectivity index (χ0v) is 5.26. The third-order valence-electron chi connectivity index (χ3n) is 1.48. The molecule has 4 heteroatoms. The first-order valence-electron chi connectivity index (χ1n) is 3.08. The molecule has 0 atom stereocenters. The minimum atomic E-state index is 0.0152. The van der Waals surface area contributed by atoms with Crippen molar-refractivity contribution >= 4 is 11.7 Å². The summed E-state index contributed by atoms with van der Waals surface area (Å²) in [4.78, 5) is 14.5. The van der Waals surface area contributed by atoms with E-state index in [2.05, 4.69) is 10.3 Å². The number of carbonyl (C=O) groups excluding carboxylic acids is 1. The van der Waals surface area contributed by atoms with Crippen molar-refractivity contribution in [1.29, 1.82) is 0 Å². The van der Waals surface area contributed by atoms with Gasteiger partial charge in [-0.2, -0.15) is 4.98 Å². The van der Waals surface area contributed by atoms with Crippen LogP contribution in [0.15, 0.2) is 10.8 Å². The molecule has 4 nitrogen and oxygen atoms in total. The zero-order chi connectivity index (χ0) is 6.97. The number of aromatic nitrogens is 1. The molecular formula is C6H6N2O2. The molecule has 0 spiro atoms. The van der Waals surface area contributed by atoms with Gasteiger partial charge < -0.3 is 9.73 Å².